The van der Waals surface area contributed by atoms with Crippen LogP contribution >= 0.6 is 0 Å². The van der Waals surface area contributed by atoms with Crippen LogP contribution in [-0.2, 0) is 35.0 Å². The van der Waals surface area contributed by atoms with E-state index < -0.39 is 41.1 Å². The van der Waals surface area contributed by atoms with Crippen molar-refractivity contribution in [1.29, 1.82) is 0 Å². The Morgan fingerprint density at radius 1 is 0.976 bits per heavy atom. The summed E-state index contributed by atoms with van der Waals surface area (Å²) >= 11 is 0. The van der Waals surface area contributed by atoms with E-state index in [-0.39, 0.29) is 25.0 Å². The Labute approximate surface area is 246 Å². The maximum atomic E-state index is 14.6. The summed E-state index contributed by atoms with van der Waals surface area (Å²) in [6, 6.07) is 7.90. The first-order chi connectivity index (χ1) is 20.4. The predicted molar refractivity (Wildman–Crippen MR) is 153 cm³/mol. The molecule has 1 N–H and O–H groups in total. The molecule has 5 aliphatic heterocycles. The lowest BCUT2D eigenvalue weighted by molar-refractivity contribution is -0.161. The average molecular weight is 580 g/mol. The molecule has 0 aliphatic carbocycles. The van der Waals surface area contributed by atoms with E-state index in [4.69, 9.17) is 14.2 Å². The Morgan fingerprint density at radius 2 is 1.76 bits per heavy atom. The second-order valence-electron chi connectivity index (χ2n) is 12.1. The smallest absolute Gasteiger partial charge is 0.313 e. The molecule has 0 bridgehead atoms. The first kappa shape index (κ1) is 29.0. The fourth-order valence-corrected chi connectivity index (χ4v) is 7.44. The van der Waals surface area contributed by atoms with Gasteiger partial charge in [0.2, 0.25) is 11.8 Å². The standard InChI is InChI=1S/C32H41N3O7/c1-31-11-6-3-7-18-41-30(39)26(31)25-28(37)35(24(22-36)21-23-9-4-2-5-10-23)27-29(38)34(13-8-12-32(25,27)42-31)15-14-33-16-19-40-20-17-33/h2,4-6,8-12,24-27,36H,3,7,13-22H2,1H3/b11-6-/t24-,25+,26+,27?,31-,32+/m1/s1. The van der Waals surface area contributed by atoms with Gasteiger partial charge >= 0.3 is 5.97 Å². The average Bonchev–Trinajstić information content (AvgIpc) is 3.36. The molecule has 0 aromatic heterocycles. The Balaban J connectivity index is 1.40. The van der Waals surface area contributed by atoms with E-state index in [0.29, 0.717) is 52.1 Å². The van der Waals surface area contributed by atoms with Crippen molar-refractivity contribution in [2.45, 2.75) is 49.5 Å². The van der Waals surface area contributed by atoms with Crippen LogP contribution in [0.4, 0.5) is 0 Å². The molecule has 3 saturated heterocycles. The number of ether oxygens (including phenoxy) is 3. The largest absolute Gasteiger partial charge is 0.465 e. The maximum Gasteiger partial charge on any atom is 0.313 e. The SMILES string of the molecule is C[C@@]12/C=C\CCCOC(=O)[C@@H]1[C@H]1C(=O)N([C@@H](CO)Cc3ccccc3)C3C(=O)N(CCN4CCOCC4)CC=C[C@@]31O2. The zero-order chi connectivity index (χ0) is 29.3. The van der Waals surface area contributed by atoms with E-state index in [9.17, 15) is 19.5 Å². The molecule has 1 aromatic carbocycles. The van der Waals surface area contributed by atoms with E-state index in [0.717, 1.165) is 18.7 Å². The van der Waals surface area contributed by atoms with Crippen molar-refractivity contribution in [3.63, 3.8) is 0 Å². The number of amides is 2. The zero-order valence-electron chi connectivity index (χ0n) is 24.2. The Kier molecular flexibility index (Phi) is 8.24. The number of nitrogens with zero attached hydrogens (tertiary/aromatic N) is 3. The molecule has 10 heteroatoms. The lowest BCUT2D eigenvalue weighted by Crippen LogP contribution is -2.59. The van der Waals surface area contributed by atoms with Crippen molar-refractivity contribution in [3.05, 3.63) is 60.2 Å². The number of carbonyl (C=O) groups is 3. The highest BCUT2D eigenvalue weighted by Gasteiger charge is 2.75. The van der Waals surface area contributed by atoms with Gasteiger partial charge in [-0.25, -0.2) is 0 Å². The van der Waals surface area contributed by atoms with Gasteiger partial charge in [-0.15, -0.1) is 0 Å². The molecule has 3 fully saturated rings. The van der Waals surface area contributed by atoms with E-state index in [1.165, 1.54) is 4.90 Å². The van der Waals surface area contributed by atoms with Crippen molar-refractivity contribution in [2.24, 2.45) is 11.8 Å². The molecule has 42 heavy (non-hydrogen) atoms. The van der Waals surface area contributed by atoms with Gasteiger partial charge in [-0.1, -0.05) is 54.6 Å². The third-order valence-corrected chi connectivity index (χ3v) is 9.48. The van der Waals surface area contributed by atoms with E-state index in [1.807, 2.05) is 61.6 Å². The summed E-state index contributed by atoms with van der Waals surface area (Å²) < 4.78 is 18.0. The number of morpholine rings is 1. The fraction of sp³-hybridized carbons (Fsp3) is 0.594. The van der Waals surface area contributed by atoms with Crippen molar-refractivity contribution in [3.8, 4) is 0 Å². The third kappa shape index (κ3) is 5.08. The maximum absolute atomic E-state index is 14.6. The third-order valence-electron chi connectivity index (χ3n) is 9.48. The molecule has 5 aliphatic rings. The van der Waals surface area contributed by atoms with Crippen molar-refractivity contribution < 1.29 is 33.7 Å². The highest BCUT2D eigenvalue weighted by atomic mass is 16.6. The molecule has 1 spiro atoms. The van der Waals surface area contributed by atoms with Gasteiger partial charge in [0.1, 0.15) is 17.6 Å². The minimum atomic E-state index is -1.38. The zero-order valence-corrected chi connectivity index (χ0v) is 24.2. The molecule has 10 nitrogen and oxygen atoms in total. The number of esters is 1. The van der Waals surface area contributed by atoms with Crippen LogP contribution in [0.5, 0.6) is 0 Å². The number of aliphatic hydroxyl groups is 1. The number of fused-ring (bicyclic) bond motifs is 2. The van der Waals surface area contributed by atoms with Crippen LogP contribution in [0.25, 0.3) is 0 Å². The summed E-state index contributed by atoms with van der Waals surface area (Å²) in [5, 5.41) is 10.7. The van der Waals surface area contributed by atoms with Gasteiger partial charge in [-0.05, 0) is 31.7 Å². The lowest BCUT2D eigenvalue weighted by atomic mass is 9.74. The van der Waals surface area contributed by atoms with Crippen LogP contribution in [0.3, 0.4) is 0 Å². The molecule has 2 amide bonds. The summed E-state index contributed by atoms with van der Waals surface area (Å²) in [4.78, 5) is 48.4. The Hall–Kier alpha value is -3.05. The van der Waals surface area contributed by atoms with Gasteiger partial charge in [-0.2, -0.15) is 0 Å². The van der Waals surface area contributed by atoms with Gasteiger partial charge in [-0.3, -0.25) is 19.3 Å². The number of hydrogen-bond acceptors (Lipinski definition) is 8. The van der Waals surface area contributed by atoms with Crippen LogP contribution in [0.2, 0.25) is 0 Å². The Bertz CT molecular complexity index is 1230. The second kappa shape index (κ2) is 11.9. The summed E-state index contributed by atoms with van der Waals surface area (Å²) in [6.45, 7) is 6.21. The second-order valence-corrected chi connectivity index (χ2v) is 12.1. The topological polar surface area (TPSA) is 109 Å². The van der Waals surface area contributed by atoms with Crippen molar-refractivity contribution in [2.75, 3.05) is 59.2 Å². The van der Waals surface area contributed by atoms with Gasteiger partial charge in [0.05, 0.1) is 44.0 Å². The normalized spacial score (nSPS) is 34.9. The Morgan fingerprint density at radius 3 is 2.52 bits per heavy atom. The minimum absolute atomic E-state index is 0.233. The lowest BCUT2D eigenvalue weighted by Gasteiger charge is -2.40. The number of allylic oxidation sites excluding steroid dienone is 1. The summed E-state index contributed by atoms with van der Waals surface area (Å²) in [7, 11) is 0. The summed E-state index contributed by atoms with van der Waals surface area (Å²) in [5.74, 6) is -2.98. The van der Waals surface area contributed by atoms with Crippen molar-refractivity contribution >= 4 is 17.8 Å². The number of carbonyl (C=O) groups excluding carboxylic acids is 3. The quantitative estimate of drug-likeness (QED) is 0.379. The molecule has 1 aromatic rings. The summed E-state index contributed by atoms with van der Waals surface area (Å²) in [6.07, 6.45) is 9.35. The number of cyclic esters (lactones) is 1. The predicted octanol–water partition coefficient (Wildman–Crippen LogP) is 1.18. The molecule has 6 atom stereocenters. The first-order valence-corrected chi connectivity index (χ1v) is 15.2. The number of rotatable bonds is 7. The van der Waals surface area contributed by atoms with Gasteiger partial charge in [0.15, 0.2) is 0 Å². The van der Waals surface area contributed by atoms with E-state index in [1.54, 1.807) is 4.90 Å². The monoisotopic (exact) mass is 579 g/mol. The fourth-order valence-electron chi connectivity index (χ4n) is 7.44. The van der Waals surface area contributed by atoms with E-state index in [2.05, 4.69) is 4.90 Å². The number of aliphatic hydroxyl groups excluding tert-OH is 1. The molecule has 5 heterocycles. The molecule has 0 radical (unpaired) electrons. The van der Waals surface area contributed by atoms with Crippen molar-refractivity contribution in [1.82, 2.24) is 14.7 Å². The molecule has 1 unspecified atom stereocenters. The molecule has 226 valence electrons. The van der Waals surface area contributed by atoms with Crippen LogP contribution in [0.15, 0.2) is 54.6 Å². The van der Waals surface area contributed by atoms with Crippen LogP contribution in [-0.4, -0.2) is 120 Å². The molecular formula is C32H41N3O7. The van der Waals surface area contributed by atoms with Gasteiger partial charge in [0, 0.05) is 32.7 Å². The molecular weight excluding hydrogens is 538 g/mol. The van der Waals surface area contributed by atoms with Crippen LogP contribution < -0.4 is 0 Å². The highest BCUT2D eigenvalue weighted by molar-refractivity contribution is 5.99. The van der Waals surface area contributed by atoms with Gasteiger partial charge in [0.25, 0.3) is 0 Å². The number of benzene rings is 1. The van der Waals surface area contributed by atoms with Crippen LogP contribution in [0, 0.1) is 11.8 Å². The summed E-state index contributed by atoms with van der Waals surface area (Å²) in [5.41, 5.74) is -1.58. The molecule has 0 saturated carbocycles. The number of hydrogen-bond donors (Lipinski definition) is 1. The minimum Gasteiger partial charge on any atom is -0.465 e. The first-order valence-electron chi connectivity index (χ1n) is 15.2. The number of likely N-dealkylation sites (tertiary alicyclic amines) is 1. The van der Waals surface area contributed by atoms with E-state index >= 15 is 0 Å². The molecule has 6 rings (SSSR count). The highest BCUT2D eigenvalue weighted by Crippen LogP contribution is 2.57. The van der Waals surface area contributed by atoms with Gasteiger partial charge < -0.3 is 29.1 Å². The van der Waals surface area contributed by atoms with Crippen LogP contribution in [0.1, 0.15) is 25.3 Å².